The standard InChI is InChI=1S/C21H28ClN3O3/c1-4-28-20(26)18-17(13-25-11-9-14(2)10-12-25)24(3)21(27)23-19(18)15-5-7-16(22)8-6-15/h5-8,14,19H,4,9-13H2,1-3H3,(H,23,27). The predicted octanol–water partition coefficient (Wildman–Crippen LogP) is 3.59. The maximum Gasteiger partial charge on any atom is 0.338 e. The first-order chi connectivity index (χ1) is 13.4. The van der Waals surface area contributed by atoms with Crippen molar-refractivity contribution < 1.29 is 14.3 Å². The molecule has 1 atom stereocenters. The number of nitrogens with zero attached hydrogens (tertiary/aromatic N) is 2. The topological polar surface area (TPSA) is 61.9 Å². The predicted molar refractivity (Wildman–Crippen MR) is 109 cm³/mol. The molecule has 1 aromatic rings. The minimum absolute atomic E-state index is 0.228. The summed E-state index contributed by atoms with van der Waals surface area (Å²) in [4.78, 5) is 29.4. The van der Waals surface area contributed by atoms with Crippen molar-refractivity contribution in [3.05, 3.63) is 46.1 Å². The molecule has 0 aromatic heterocycles. The number of carbonyl (C=O) groups excluding carboxylic acids is 2. The normalized spacial score (nSPS) is 21.6. The number of likely N-dealkylation sites (tertiary alicyclic amines) is 1. The summed E-state index contributed by atoms with van der Waals surface area (Å²) in [7, 11) is 1.70. The van der Waals surface area contributed by atoms with Crippen LogP contribution in [-0.4, -0.2) is 55.1 Å². The first-order valence-corrected chi connectivity index (χ1v) is 10.2. The number of halogens is 1. The zero-order chi connectivity index (χ0) is 20.3. The van der Waals surface area contributed by atoms with Crippen molar-refractivity contribution in [3.63, 3.8) is 0 Å². The van der Waals surface area contributed by atoms with Crippen LogP contribution < -0.4 is 5.32 Å². The Hall–Kier alpha value is -2.05. The Bertz CT molecular complexity index is 755. The SMILES string of the molecule is CCOC(=O)C1=C(CN2CCC(C)CC2)N(C)C(=O)NC1c1ccc(Cl)cc1. The Morgan fingerprint density at radius 2 is 1.89 bits per heavy atom. The number of carbonyl (C=O) groups is 2. The molecule has 1 N–H and O–H groups in total. The monoisotopic (exact) mass is 405 g/mol. The molecule has 1 saturated heterocycles. The molecule has 2 aliphatic heterocycles. The van der Waals surface area contributed by atoms with E-state index in [0.29, 0.717) is 28.8 Å². The molecule has 1 unspecified atom stereocenters. The van der Waals surface area contributed by atoms with E-state index >= 15 is 0 Å². The Labute approximate surface area is 171 Å². The van der Waals surface area contributed by atoms with Gasteiger partial charge in [-0.3, -0.25) is 9.80 Å². The van der Waals surface area contributed by atoms with Crippen molar-refractivity contribution in [1.29, 1.82) is 0 Å². The number of urea groups is 1. The molecule has 7 heteroatoms. The smallest absolute Gasteiger partial charge is 0.338 e. The molecule has 0 saturated carbocycles. The number of benzene rings is 1. The highest BCUT2D eigenvalue weighted by molar-refractivity contribution is 6.30. The Morgan fingerprint density at radius 3 is 2.50 bits per heavy atom. The fourth-order valence-corrected chi connectivity index (χ4v) is 3.86. The fourth-order valence-electron chi connectivity index (χ4n) is 3.74. The van der Waals surface area contributed by atoms with Gasteiger partial charge in [0.25, 0.3) is 0 Å². The van der Waals surface area contributed by atoms with Crippen molar-refractivity contribution in [3.8, 4) is 0 Å². The van der Waals surface area contributed by atoms with Crippen molar-refractivity contribution >= 4 is 23.6 Å². The van der Waals surface area contributed by atoms with E-state index in [1.807, 2.05) is 12.1 Å². The summed E-state index contributed by atoms with van der Waals surface area (Å²) in [6.45, 7) is 6.80. The van der Waals surface area contributed by atoms with Gasteiger partial charge in [0.1, 0.15) is 0 Å². The lowest BCUT2D eigenvalue weighted by molar-refractivity contribution is -0.139. The second kappa shape index (κ2) is 8.97. The van der Waals surface area contributed by atoms with E-state index in [9.17, 15) is 9.59 Å². The van der Waals surface area contributed by atoms with Crippen LogP contribution in [0.4, 0.5) is 4.79 Å². The quantitative estimate of drug-likeness (QED) is 0.760. The van der Waals surface area contributed by atoms with E-state index in [0.717, 1.165) is 31.5 Å². The minimum atomic E-state index is -0.557. The fraction of sp³-hybridized carbons (Fsp3) is 0.524. The molecule has 2 aliphatic rings. The molecule has 2 amide bonds. The molecule has 28 heavy (non-hydrogen) atoms. The molecule has 0 bridgehead atoms. The maximum atomic E-state index is 12.9. The number of nitrogens with one attached hydrogen (secondary N) is 1. The van der Waals surface area contributed by atoms with E-state index in [1.54, 1.807) is 26.1 Å². The van der Waals surface area contributed by atoms with Gasteiger partial charge in [-0.05, 0) is 56.5 Å². The Balaban J connectivity index is 2.00. The number of likely N-dealkylation sites (N-methyl/N-ethyl adjacent to an activating group) is 1. The third kappa shape index (κ3) is 4.50. The number of rotatable bonds is 5. The lowest BCUT2D eigenvalue weighted by Gasteiger charge is -2.38. The molecule has 3 rings (SSSR count). The molecule has 0 spiro atoms. The van der Waals surface area contributed by atoms with E-state index in [4.69, 9.17) is 16.3 Å². The largest absolute Gasteiger partial charge is 0.463 e. The van der Waals surface area contributed by atoms with Crippen LogP contribution in [0.15, 0.2) is 35.5 Å². The van der Waals surface area contributed by atoms with Crippen molar-refractivity contribution in [2.75, 3.05) is 33.3 Å². The number of piperidine rings is 1. The first kappa shape index (κ1) is 20.7. The van der Waals surface area contributed by atoms with Crippen molar-refractivity contribution in [1.82, 2.24) is 15.1 Å². The highest BCUT2D eigenvalue weighted by Crippen LogP contribution is 2.32. The summed E-state index contributed by atoms with van der Waals surface area (Å²) in [6, 6.07) is 6.40. The molecule has 1 aromatic carbocycles. The van der Waals surface area contributed by atoms with Gasteiger partial charge in [0.2, 0.25) is 0 Å². The maximum absolute atomic E-state index is 12.9. The number of hydrogen-bond donors (Lipinski definition) is 1. The lowest BCUT2D eigenvalue weighted by Crippen LogP contribution is -2.50. The highest BCUT2D eigenvalue weighted by Gasteiger charge is 2.37. The summed E-state index contributed by atoms with van der Waals surface area (Å²) < 4.78 is 5.36. The number of hydrogen-bond acceptors (Lipinski definition) is 4. The Kier molecular flexibility index (Phi) is 6.62. The van der Waals surface area contributed by atoms with E-state index < -0.39 is 12.0 Å². The van der Waals surface area contributed by atoms with Gasteiger partial charge in [-0.1, -0.05) is 30.7 Å². The van der Waals surface area contributed by atoms with Crippen molar-refractivity contribution in [2.24, 2.45) is 5.92 Å². The van der Waals surface area contributed by atoms with Crippen molar-refractivity contribution in [2.45, 2.75) is 32.7 Å². The second-order valence-corrected chi connectivity index (χ2v) is 7.97. The number of ether oxygens (including phenoxy) is 1. The van der Waals surface area contributed by atoms with Gasteiger partial charge in [-0.15, -0.1) is 0 Å². The van der Waals surface area contributed by atoms with Gasteiger partial charge in [0.15, 0.2) is 0 Å². The van der Waals surface area contributed by atoms with Crippen LogP contribution in [0.3, 0.4) is 0 Å². The van der Waals surface area contributed by atoms with Crippen LogP contribution in [0.2, 0.25) is 5.02 Å². The third-order valence-corrected chi connectivity index (χ3v) is 5.78. The van der Waals surface area contributed by atoms with Gasteiger partial charge in [0, 0.05) is 24.3 Å². The summed E-state index contributed by atoms with van der Waals surface area (Å²) in [5.74, 6) is 0.318. The molecule has 0 aliphatic carbocycles. The van der Waals surface area contributed by atoms with Gasteiger partial charge in [-0.25, -0.2) is 9.59 Å². The summed E-state index contributed by atoms with van der Waals surface area (Å²) in [5.41, 5.74) is 2.00. The second-order valence-electron chi connectivity index (χ2n) is 7.53. The van der Waals surface area contributed by atoms with E-state index in [2.05, 4.69) is 17.1 Å². The lowest BCUT2D eigenvalue weighted by atomic mass is 9.93. The van der Waals surface area contributed by atoms with E-state index in [-0.39, 0.29) is 12.6 Å². The average Bonchev–Trinajstić information content (AvgIpc) is 2.67. The molecular weight excluding hydrogens is 378 g/mol. The van der Waals surface area contributed by atoms with Gasteiger partial charge in [0.05, 0.1) is 18.2 Å². The zero-order valence-electron chi connectivity index (χ0n) is 16.7. The van der Waals surface area contributed by atoms with Crippen LogP contribution in [0.25, 0.3) is 0 Å². The first-order valence-electron chi connectivity index (χ1n) is 9.83. The minimum Gasteiger partial charge on any atom is -0.463 e. The summed E-state index contributed by atoms with van der Waals surface area (Å²) in [6.07, 6.45) is 2.25. The van der Waals surface area contributed by atoms with Crippen LogP contribution in [0.5, 0.6) is 0 Å². The van der Waals surface area contributed by atoms with Gasteiger partial charge < -0.3 is 10.1 Å². The van der Waals surface area contributed by atoms with E-state index in [1.165, 1.54) is 4.90 Å². The Morgan fingerprint density at radius 1 is 1.25 bits per heavy atom. The zero-order valence-corrected chi connectivity index (χ0v) is 17.5. The van der Waals surface area contributed by atoms with Crippen LogP contribution in [0.1, 0.15) is 38.3 Å². The van der Waals surface area contributed by atoms with Crippen LogP contribution in [-0.2, 0) is 9.53 Å². The summed E-state index contributed by atoms with van der Waals surface area (Å²) in [5, 5.41) is 3.54. The number of esters is 1. The molecular formula is C21H28ClN3O3. The third-order valence-electron chi connectivity index (χ3n) is 5.53. The molecule has 152 valence electrons. The van der Waals surface area contributed by atoms with Crippen LogP contribution >= 0.6 is 11.6 Å². The molecule has 0 radical (unpaired) electrons. The van der Waals surface area contributed by atoms with Crippen LogP contribution in [0, 0.1) is 5.92 Å². The molecule has 2 heterocycles. The van der Waals surface area contributed by atoms with Gasteiger partial charge in [-0.2, -0.15) is 0 Å². The summed E-state index contributed by atoms with van der Waals surface area (Å²) >= 11 is 6.01. The molecule has 6 nitrogen and oxygen atoms in total. The highest BCUT2D eigenvalue weighted by atomic mass is 35.5. The van der Waals surface area contributed by atoms with Gasteiger partial charge >= 0.3 is 12.0 Å². The molecule has 1 fully saturated rings. The number of amides is 2. The average molecular weight is 406 g/mol.